The lowest BCUT2D eigenvalue weighted by molar-refractivity contribution is 0.381. The first-order valence-corrected chi connectivity index (χ1v) is 11.8. The fourth-order valence-corrected chi connectivity index (χ4v) is 4.34. The van der Waals surface area contributed by atoms with E-state index in [2.05, 4.69) is 4.99 Å². The van der Waals surface area contributed by atoms with Gasteiger partial charge in [0.2, 0.25) is 5.82 Å². The average Bonchev–Trinajstić information content (AvgIpc) is 2.65. The highest BCUT2D eigenvalue weighted by atomic mass is 28.3. The first kappa shape index (κ1) is 20.0. The van der Waals surface area contributed by atoms with Crippen molar-refractivity contribution in [2.45, 2.75) is 19.6 Å². The lowest BCUT2D eigenvalue weighted by Gasteiger charge is -2.21. The van der Waals surface area contributed by atoms with Crippen LogP contribution in [-0.2, 0) is 0 Å². The molecule has 0 unspecified atom stereocenters. The van der Waals surface area contributed by atoms with Crippen molar-refractivity contribution in [1.82, 2.24) is 0 Å². The van der Waals surface area contributed by atoms with Crippen LogP contribution in [0.15, 0.2) is 35.3 Å². The zero-order valence-electron chi connectivity index (χ0n) is 15.2. The van der Waals surface area contributed by atoms with E-state index in [1.54, 1.807) is 24.3 Å². The van der Waals surface area contributed by atoms with Gasteiger partial charge in [0, 0.05) is 11.8 Å². The summed E-state index contributed by atoms with van der Waals surface area (Å²) in [5, 5.41) is 12.7. The Labute approximate surface area is 159 Å². The summed E-state index contributed by atoms with van der Waals surface area (Å²) in [6.45, 7) is 6.01. The van der Waals surface area contributed by atoms with E-state index >= 15 is 0 Å². The zero-order valence-corrected chi connectivity index (χ0v) is 16.2. The molecule has 3 aromatic carbocycles. The number of fused-ring (bicyclic) bond motifs is 1. The van der Waals surface area contributed by atoms with E-state index in [9.17, 15) is 27.1 Å². The second-order valence-corrected chi connectivity index (χ2v) is 12.4. The Bertz CT molecular complexity index is 1090. The number of hydrogen-bond donors (Lipinski definition) is 1. The third kappa shape index (κ3) is 3.28. The number of benzene rings is 3. The van der Waals surface area contributed by atoms with Gasteiger partial charge in [0.25, 0.3) is 0 Å². The fraction of sp³-hybridized carbons (Fsp3) is 0.150. The Kier molecular flexibility index (Phi) is 5.01. The van der Waals surface area contributed by atoms with Crippen molar-refractivity contribution in [3.63, 3.8) is 0 Å². The molecule has 0 heterocycles. The standard InChI is InChI=1S/C20H16F5NOSi/c1-28(2,3)13-8-10-6-4-5-7-11(10)12(20(13)27)9-26-19-17(24)15(22)14(21)16(23)18(19)25/h4-9,27H,1-3H3/b26-9+. The minimum absolute atomic E-state index is 0.120. The third-order valence-corrected chi connectivity index (χ3v) is 6.38. The Balaban J connectivity index is 2.28. The van der Waals surface area contributed by atoms with E-state index in [1.807, 2.05) is 25.7 Å². The van der Waals surface area contributed by atoms with Gasteiger partial charge in [-0.1, -0.05) is 50.0 Å². The van der Waals surface area contributed by atoms with Crippen molar-refractivity contribution in [1.29, 1.82) is 0 Å². The largest absolute Gasteiger partial charge is 0.507 e. The molecule has 3 rings (SSSR count). The first-order valence-electron chi connectivity index (χ1n) is 8.34. The molecule has 28 heavy (non-hydrogen) atoms. The van der Waals surface area contributed by atoms with Crippen LogP contribution in [0.4, 0.5) is 27.6 Å². The molecule has 146 valence electrons. The number of hydrogen-bond acceptors (Lipinski definition) is 2. The van der Waals surface area contributed by atoms with Crippen LogP contribution >= 0.6 is 0 Å². The molecule has 0 aromatic heterocycles. The molecule has 2 nitrogen and oxygen atoms in total. The van der Waals surface area contributed by atoms with E-state index in [0.29, 0.717) is 10.6 Å². The summed E-state index contributed by atoms with van der Waals surface area (Å²) in [4.78, 5) is 3.51. The molecule has 0 fully saturated rings. The molecule has 0 aliphatic heterocycles. The van der Waals surface area contributed by atoms with Gasteiger partial charge in [-0.3, -0.25) is 0 Å². The molecule has 0 atom stereocenters. The highest BCUT2D eigenvalue weighted by Gasteiger charge is 2.26. The lowest BCUT2D eigenvalue weighted by Crippen LogP contribution is -2.38. The van der Waals surface area contributed by atoms with Crippen LogP contribution in [0.1, 0.15) is 5.56 Å². The highest BCUT2D eigenvalue weighted by Crippen LogP contribution is 2.31. The molecule has 0 amide bonds. The maximum atomic E-state index is 13.9. The molecule has 0 aliphatic rings. The Morgan fingerprint density at radius 3 is 1.96 bits per heavy atom. The summed E-state index contributed by atoms with van der Waals surface area (Å²) >= 11 is 0. The maximum Gasteiger partial charge on any atom is 0.200 e. The second-order valence-electron chi connectivity index (χ2n) is 7.33. The zero-order chi connectivity index (χ0) is 20.8. The van der Waals surface area contributed by atoms with Gasteiger partial charge >= 0.3 is 0 Å². The SMILES string of the molecule is C[Si](C)(C)c1cc2ccccc2c(/C=N/c2c(F)c(F)c(F)c(F)c2F)c1O. The topological polar surface area (TPSA) is 32.6 Å². The van der Waals surface area contributed by atoms with Gasteiger partial charge in [0.05, 0.1) is 8.07 Å². The minimum Gasteiger partial charge on any atom is -0.507 e. The van der Waals surface area contributed by atoms with Gasteiger partial charge in [-0.05, 0) is 16.0 Å². The molecule has 0 spiro atoms. The predicted octanol–water partition coefficient (Wildman–Crippen LogP) is 5.54. The van der Waals surface area contributed by atoms with Gasteiger partial charge in [0.15, 0.2) is 23.3 Å². The van der Waals surface area contributed by atoms with Crippen LogP contribution in [0.2, 0.25) is 19.6 Å². The normalized spacial score (nSPS) is 12.3. The molecule has 0 radical (unpaired) electrons. The molecule has 0 bridgehead atoms. The molecular weight excluding hydrogens is 393 g/mol. The number of rotatable bonds is 3. The lowest BCUT2D eigenvalue weighted by atomic mass is 10.0. The number of aromatic hydroxyl groups is 1. The number of aliphatic imine (C=N–C) groups is 1. The van der Waals surface area contributed by atoms with Gasteiger partial charge in [-0.2, -0.15) is 0 Å². The van der Waals surface area contributed by atoms with Crippen LogP contribution in [0.5, 0.6) is 5.75 Å². The number of phenols is 1. The average molecular weight is 409 g/mol. The van der Waals surface area contributed by atoms with E-state index in [0.717, 1.165) is 11.6 Å². The van der Waals surface area contributed by atoms with Crippen LogP contribution in [0.25, 0.3) is 10.8 Å². The van der Waals surface area contributed by atoms with E-state index in [-0.39, 0.29) is 11.3 Å². The molecular formula is C20H16F5NOSi. The second kappa shape index (κ2) is 7.01. The number of nitrogens with zero attached hydrogens (tertiary/aromatic N) is 1. The number of halogens is 5. The predicted molar refractivity (Wildman–Crippen MR) is 102 cm³/mol. The van der Waals surface area contributed by atoms with Gasteiger partial charge in [-0.25, -0.2) is 26.9 Å². The Hall–Kier alpha value is -2.74. The van der Waals surface area contributed by atoms with Crippen molar-refractivity contribution in [3.05, 3.63) is 65.0 Å². The third-order valence-electron chi connectivity index (χ3n) is 4.38. The minimum atomic E-state index is -2.25. The molecule has 8 heteroatoms. The summed E-state index contributed by atoms with van der Waals surface area (Å²) < 4.78 is 67.8. The van der Waals surface area contributed by atoms with Crippen LogP contribution in [0.3, 0.4) is 0 Å². The van der Waals surface area contributed by atoms with Crippen LogP contribution in [0, 0.1) is 29.1 Å². The molecule has 0 saturated carbocycles. The summed E-state index contributed by atoms with van der Waals surface area (Å²) in [6.07, 6.45) is 0.930. The fourth-order valence-electron chi connectivity index (χ4n) is 2.90. The van der Waals surface area contributed by atoms with Gasteiger partial charge < -0.3 is 5.11 Å². The van der Waals surface area contributed by atoms with E-state index in [1.165, 1.54) is 0 Å². The summed E-state index contributed by atoms with van der Waals surface area (Å²) in [7, 11) is -2.01. The quantitative estimate of drug-likeness (QED) is 0.199. The van der Waals surface area contributed by atoms with Gasteiger partial charge in [-0.15, -0.1) is 0 Å². The summed E-state index contributed by atoms with van der Waals surface area (Å²) in [5.74, 6) is -10.6. The number of phenolic OH excluding ortho intramolecular Hbond substituents is 1. The van der Waals surface area contributed by atoms with Crippen molar-refractivity contribution in [3.8, 4) is 5.75 Å². The molecule has 0 saturated heterocycles. The molecule has 1 N–H and O–H groups in total. The monoisotopic (exact) mass is 409 g/mol. The Morgan fingerprint density at radius 2 is 1.39 bits per heavy atom. The van der Waals surface area contributed by atoms with Crippen molar-refractivity contribution >= 4 is 35.9 Å². The highest BCUT2D eigenvalue weighted by molar-refractivity contribution is 6.89. The summed E-state index contributed by atoms with van der Waals surface area (Å²) in [6, 6.07) is 8.80. The first-order chi connectivity index (χ1) is 13.0. The van der Waals surface area contributed by atoms with Crippen molar-refractivity contribution in [2.24, 2.45) is 4.99 Å². The Morgan fingerprint density at radius 1 is 0.857 bits per heavy atom. The maximum absolute atomic E-state index is 13.9. The van der Waals surface area contributed by atoms with E-state index in [4.69, 9.17) is 0 Å². The molecule has 0 aliphatic carbocycles. The summed E-state index contributed by atoms with van der Waals surface area (Å²) in [5.41, 5.74) is -1.15. The molecule has 3 aromatic rings. The van der Waals surface area contributed by atoms with Crippen molar-refractivity contribution < 1.29 is 27.1 Å². The van der Waals surface area contributed by atoms with Crippen LogP contribution < -0.4 is 5.19 Å². The van der Waals surface area contributed by atoms with Gasteiger partial charge in [0.1, 0.15) is 11.4 Å². The van der Waals surface area contributed by atoms with Crippen LogP contribution in [-0.4, -0.2) is 19.4 Å². The van der Waals surface area contributed by atoms with E-state index < -0.39 is 42.8 Å². The smallest absolute Gasteiger partial charge is 0.200 e. The van der Waals surface area contributed by atoms with Crippen molar-refractivity contribution in [2.75, 3.05) is 0 Å².